The number of hydrogen-bond donors (Lipinski definition) is 4. The van der Waals surface area contributed by atoms with E-state index in [0.29, 0.717) is 17.3 Å². The van der Waals surface area contributed by atoms with Crippen molar-refractivity contribution < 1.29 is 17.9 Å². The molecule has 0 unspecified atom stereocenters. The van der Waals surface area contributed by atoms with Gasteiger partial charge in [-0.15, -0.1) is 0 Å². The molecule has 8 nitrogen and oxygen atoms in total. The minimum absolute atomic E-state index is 0.00744. The Morgan fingerprint density at radius 2 is 1.61 bits per heavy atom. The van der Waals surface area contributed by atoms with Crippen molar-refractivity contribution in [1.82, 2.24) is 19.7 Å². The lowest BCUT2D eigenvalue weighted by atomic mass is 10.1. The van der Waals surface area contributed by atoms with Gasteiger partial charge in [0.15, 0.2) is 0 Å². The normalized spacial score (nSPS) is 11.4. The maximum atomic E-state index is 13.1. The average molecular weight is 530 g/mol. The largest absolute Gasteiger partial charge is 0.508 e. The second kappa shape index (κ2) is 10.8. The number of halogens is 1. The molecule has 0 saturated carbocycles. The van der Waals surface area contributed by atoms with Crippen LogP contribution in [0.2, 0.25) is 0 Å². The van der Waals surface area contributed by atoms with Gasteiger partial charge in [-0.2, -0.15) is 0 Å². The molecule has 0 aliphatic rings. The Labute approximate surface area is 219 Å². The number of imidazole rings is 1. The summed E-state index contributed by atoms with van der Waals surface area (Å²) in [7, 11) is -3.76. The SMILES string of the molecule is O=S(=O)(NCCNc1cc(-c2[nH]c(-c3ccccc3)nc2-c2cccc(O)c2)ccn1)c1ccc(F)cc1. The highest BCUT2D eigenvalue weighted by Gasteiger charge is 2.17. The maximum absolute atomic E-state index is 13.1. The van der Waals surface area contributed by atoms with Crippen LogP contribution in [-0.2, 0) is 10.0 Å². The molecule has 10 heteroatoms. The van der Waals surface area contributed by atoms with Gasteiger partial charge in [0, 0.05) is 36.0 Å². The molecule has 0 aliphatic heterocycles. The van der Waals surface area contributed by atoms with Crippen molar-refractivity contribution in [2.75, 3.05) is 18.4 Å². The smallest absolute Gasteiger partial charge is 0.240 e. The highest BCUT2D eigenvalue weighted by atomic mass is 32.2. The van der Waals surface area contributed by atoms with Crippen LogP contribution in [0.5, 0.6) is 5.75 Å². The van der Waals surface area contributed by atoms with Crippen molar-refractivity contribution in [2.45, 2.75) is 4.90 Å². The molecule has 0 amide bonds. The molecule has 0 bridgehead atoms. The summed E-state index contributed by atoms with van der Waals surface area (Å²) in [4.78, 5) is 12.6. The number of phenols is 1. The second-order valence-corrected chi connectivity index (χ2v) is 10.2. The predicted octanol–water partition coefficient (Wildman–Crippen LogP) is 5.04. The minimum atomic E-state index is -3.76. The summed E-state index contributed by atoms with van der Waals surface area (Å²) in [6.45, 7) is 0.372. The Morgan fingerprint density at radius 1 is 0.842 bits per heavy atom. The molecule has 0 radical (unpaired) electrons. The summed E-state index contributed by atoms with van der Waals surface area (Å²) in [5, 5.41) is 13.2. The van der Waals surface area contributed by atoms with Crippen molar-refractivity contribution in [1.29, 1.82) is 0 Å². The Balaban J connectivity index is 1.36. The lowest BCUT2D eigenvalue weighted by Crippen LogP contribution is -2.29. The van der Waals surface area contributed by atoms with Gasteiger partial charge in [0.1, 0.15) is 23.2 Å². The average Bonchev–Trinajstić information content (AvgIpc) is 3.38. The van der Waals surface area contributed by atoms with E-state index in [1.54, 1.807) is 24.4 Å². The molecule has 4 N–H and O–H groups in total. The first-order valence-corrected chi connectivity index (χ1v) is 13.3. The zero-order chi connectivity index (χ0) is 26.5. The first-order chi connectivity index (χ1) is 18.4. The number of aromatic amines is 1. The first kappa shape index (κ1) is 25.1. The molecular formula is C28H24FN5O3S. The van der Waals surface area contributed by atoms with Crippen LogP contribution in [-0.4, -0.2) is 41.6 Å². The fourth-order valence-electron chi connectivity index (χ4n) is 3.93. The molecule has 5 aromatic rings. The molecule has 2 aromatic heterocycles. The molecule has 0 fully saturated rings. The zero-order valence-electron chi connectivity index (χ0n) is 20.1. The third-order valence-electron chi connectivity index (χ3n) is 5.77. The fourth-order valence-corrected chi connectivity index (χ4v) is 4.96. The van der Waals surface area contributed by atoms with Gasteiger partial charge in [0.25, 0.3) is 0 Å². The Bertz CT molecular complexity index is 1660. The van der Waals surface area contributed by atoms with Crippen LogP contribution in [0.1, 0.15) is 0 Å². The van der Waals surface area contributed by atoms with Crippen LogP contribution >= 0.6 is 0 Å². The van der Waals surface area contributed by atoms with Gasteiger partial charge < -0.3 is 15.4 Å². The van der Waals surface area contributed by atoms with E-state index in [9.17, 15) is 17.9 Å². The molecule has 5 rings (SSSR count). The molecule has 0 atom stereocenters. The maximum Gasteiger partial charge on any atom is 0.240 e. The van der Waals surface area contributed by atoms with E-state index in [1.807, 2.05) is 48.5 Å². The lowest BCUT2D eigenvalue weighted by Gasteiger charge is -2.10. The van der Waals surface area contributed by atoms with Gasteiger partial charge in [-0.05, 0) is 48.5 Å². The van der Waals surface area contributed by atoms with E-state index in [4.69, 9.17) is 4.98 Å². The highest BCUT2D eigenvalue weighted by molar-refractivity contribution is 7.89. The van der Waals surface area contributed by atoms with Crippen LogP contribution in [0, 0.1) is 5.82 Å². The van der Waals surface area contributed by atoms with E-state index in [2.05, 4.69) is 20.0 Å². The van der Waals surface area contributed by atoms with Crippen molar-refractivity contribution in [3.05, 3.63) is 103 Å². The Morgan fingerprint density at radius 3 is 2.37 bits per heavy atom. The predicted molar refractivity (Wildman–Crippen MR) is 144 cm³/mol. The number of rotatable bonds is 9. The van der Waals surface area contributed by atoms with Gasteiger partial charge in [-0.25, -0.2) is 27.5 Å². The van der Waals surface area contributed by atoms with Crippen LogP contribution in [0.25, 0.3) is 33.9 Å². The summed E-state index contributed by atoms with van der Waals surface area (Å²) in [6.07, 6.45) is 1.65. The van der Waals surface area contributed by atoms with Crippen LogP contribution in [0.15, 0.2) is 102 Å². The number of aromatic hydroxyl groups is 1. The third kappa shape index (κ3) is 5.72. The van der Waals surface area contributed by atoms with E-state index < -0.39 is 15.8 Å². The fraction of sp³-hybridized carbons (Fsp3) is 0.0714. The molecule has 0 spiro atoms. The standard InChI is InChI=1S/C28H24FN5O3S/c29-22-9-11-24(12-10-22)38(36,37)32-16-15-31-25-18-21(13-14-30-25)27-26(20-7-4-8-23(35)17-20)33-28(34-27)19-5-2-1-3-6-19/h1-14,17-18,32,35H,15-16H2,(H,30,31)(H,33,34). The second-order valence-electron chi connectivity index (χ2n) is 8.43. The first-order valence-electron chi connectivity index (χ1n) is 11.8. The minimum Gasteiger partial charge on any atom is -0.508 e. The van der Waals surface area contributed by atoms with Crippen LogP contribution in [0.3, 0.4) is 0 Å². The number of pyridine rings is 1. The summed E-state index contributed by atoms with van der Waals surface area (Å²) < 4.78 is 40.4. The van der Waals surface area contributed by atoms with E-state index in [0.717, 1.165) is 34.5 Å². The van der Waals surface area contributed by atoms with Crippen molar-refractivity contribution in [3.8, 4) is 39.7 Å². The Hall–Kier alpha value is -4.54. The lowest BCUT2D eigenvalue weighted by molar-refractivity contribution is 0.475. The number of anilines is 1. The number of nitrogens with one attached hydrogen (secondary N) is 3. The van der Waals surface area contributed by atoms with Gasteiger partial charge >= 0.3 is 0 Å². The number of nitrogens with zero attached hydrogens (tertiary/aromatic N) is 2. The molecule has 0 saturated heterocycles. The number of hydrogen-bond acceptors (Lipinski definition) is 6. The molecule has 192 valence electrons. The van der Waals surface area contributed by atoms with E-state index in [1.165, 1.54) is 12.1 Å². The van der Waals surface area contributed by atoms with Crippen molar-refractivity contribution in [2.24, 2.45) is 0 Å². The molecule has 2 heterocycles. The number of H-pyrrole nitrogens is 1. The topological polar surface area (TPSA) is 120 Å². The van der Waals surface area contributed by atoms with Gasteiger partial charge in [0.2, 0.25) is 10.0 Å². The van der Waals surface area contributed by atoms with Gasteiger partial charge in [-0.1, -0.05) is 42.5 Å². The quantitative estimate of drug-likeness (QED) is 0.199. The number of aromatic nitrogens is 3. The summed E-state index contributed by atoms with van der Waals surface area (Å²) in [5.74, 6) is 0.858. The number of benzene rings is 3. The van der Waals surface area contributed by atoms with Crippen LogP contribution in [0.4, 0.5) is 10.2 Å². The number of phenolic OH excluding ortho intramolecular Hbond substituents is 1. The number of sulfonamides is 1. The van der Waals surface area contributed by atoms with E-state index in [-0.39, 0.29) is 23.7 Å². The molecule has 3 aromatic carbocycles. The third-order valence-corrected chi connectivity index (χ3v) is 7.24. The monoisotopic (exact) mass is 529 g/mol. The molecule has 38 heavy (non-hydrogen) atoms. The van der Waals surface area contributed by atoms with Crippen LogP contribution < -0.4 is 10.0 Å². The zero-order valence-corrected chi connectivity index (χ0v) is 20.9. The molecule has 0 aliphatic carbocycles. The summed E-state index contributed by atoms with van der Waals surface area (Å²) >= 11 is 0. The molecular weight excluding hydrogens is 505 g/mol. The van der Waals surface area contributed by atoms with Crippen molar-refractivity contribution >= 4 is 15.8 Å². The Kier molecular flexibility index (Phi) is 7.16. The van der Waals surface area contributed by atoms with E-state index >= 15 is 0 Å². The highest BCUT2D eigenvalue weighted by Crippen LogP contribution is 2.34. The summed E-state index contributed by atoms with van der Waals surface area (Å²) in [5.41, 5.74) is 3.89. The summed E-state index contributed by atoms with van der Waals surface area (Å²) in [6, 6.07) is 24.9. The van der Waals surface area contributed by atoms with Crippen molar-refractivity contribution in [3.63, 3.8) is 0 Å². The van der Waals surface area contributed by atoms with Gasteiger partial charge in [0.05, 0.1) is 16.3 Å². The van der Waals surface area contributed by atoms with Gasteiger partial charge in [-0.3, -0.25) is 0 Å².